The molecule has 1 unspecified atom stereocenters. The van der Waals surface area contributed by atoms with E-state index >= 15 is 0 Å². The van der Waals surface area contributed by atoms with Crippen molar-refractivity contribution >= 4 is 5.91 Å². The Hall–Kier alpha value is -2.13. The Bertz CT molecular complexity index is 622. The monoisotopic (exact) mass is 324 g/mol. The fraction of sp³-hybridized carbons (Fsp3) is 0.381. The first kappa shape index (κ1) is 18.2. The molecule has 2 aromatic carbocycles. The van der Waals surface area contributed by atoms with E-state index in [4.69, 9.17) is 0 Å². The van der Waals surface area contributed by atoms with Crippen LogP contribution in [0.1, 0.15) is 41.8 Å². The second-order valence-electron chi connectivity index (χ2n) is 6.05. The minimum atomic E-state index is 0.0339. The van der Waals surface area contributed by atoms with E-state index in [1.165, 1.54) is 11.1 Å². The van der Waals surface area contributed by atoms with E-state index in [0.29, 0.717) is 0 Å². The van der Waals surface area contributed by atoms with Crippen LogP contribution in [0.4, 0.5) is 0 Å². The minimum Gasteiger partial charge on any atom is -0.348 e. The third kappa shape index (κ3) is 5.20. The maximum atomic E-state index is 12.2. The van der Waals surface area contributed by atoms with Crippen molar-refractivity contribution in [3.8, 4) is 0 Å². The summed E-state index contributed by atoms with van der Waals surface area (Å²) in [7, 11) is 0. The molecule has 2 aromatic rings. The third-order valence-corrected chi connectivity index (χ3v) is 4.17. The second-order valence-corrected chi connectivity index (χ2v) is 6.05. The fourth-order valence-corrected chi connectivity index (χ4v) is 2.91. The highest BCUT2D eigenvalue weighted by Crippen LogP contribution is 2.14. The standard InChI is InChI=1S/C19H22N2O.C2H6/c1-15-7-9-17(10-8-15)19(22)20-18-11-12-21(14-18)13-16-5-3-2-4-6-16;1-2/h2-10,18H,11-14H2,1H3,(H,20,22);1-2H3. The van der Waals surface area contributed by atoms with Crippen LogP contribution in [0.5, 0.6) is 0 Å². The van der Waals surface area contributed by atoms with Gasteiger partial charge in [-0.1, -0.05) is 61.9 Å². The lowest BCUT2D eigenvalue weighted by Gasteiger charge is -2.17. The van der Waals surface area contributed by atoms with Gasteiger partial charge >= 0.3 is 0 Å². The van der Waals surface area contributed by atoms with Crippen LogP contribution in [0, 0.1) is 6.92 Å². The van der Waals surface area contributed by atoms with E-state index in [0.717, 1.165) is 31.6 Å². The molecule has 3 rings (SSSR count). The van der Waals surface area contributed by atoms with Crippen molar-refractivity contribution < 1.29 is 4.79 Å². The number of hydrogen-bond donors (Lipinski definition) is 1. The maximum absolute atomic E-state index is 12.2. The number of likely N-dealkylation sites (tertiary alicyclic amines) is 1. The van der Waals surface area contributed by atoms with E-state index in [1.54, 1.807) is 0 Å². The average Bonchev–Trinajstić information content (AvgIpc) is 3.05. The molecule has 0 bridgehead atoms. The summed E-state index contributed by atoms with van der Waals surface area (Å²) in [6.07, 6.45) is 1.02. The van der Waals surface area contributed by atoms with Crippen LogP contribution in [0.3, 0.4) is 0 Å². The first-order valence-corrected chi connectivity index (χ1v) is 8.84. The normalized spacial score (nSPS) is 17.0. The molecule has 1 fully saturated rings. The van der Waals surface area contributed by atoms with Gasteiger partial charge in [0.1, 0.15) is 0 Å². The Morgan fingerprint density at radius 1 is 1.08 bits per heavy atom. The highest BCUT2D eigenvalue weighted by Gasteiger charge is 2.24. The summed E-state index contributed by atoms with van der Waals surface area (Å²) >= 11 is 0. The Balaban J connectivity index is 0.00000100. The van der Waals surface area contributed by atoms with Gasteiger partial charge in [-0.15, -0.1) is 0 Å². The Labute approximate surface area is 145 Å². The SMILES string of the molecule is CC.Cc1ccc(C(=O)NC2CCN(Cc3ccccc3)C2)cc1. The molecule has 0 radical (unpaired) electrons. The van der Waals surface area contributed by atoms with Gasteiger partial charge < -0.3 is 5.32 Å². The molecule has 1 amide bonds. The van der Waals surface area contributed by atoms with E-state index in [-0.39, 0.29) is 11.9 Å². The number of amides is 1. The van der Waals surface area contributed by atoms with E-state index < -0.39 is 0 Å². The van der Waals surface area contributed by atoms with Gasteiger partial charge in [-0.25, -0.2) is 0 Å². The summed E-state index contributed by atoms with van der Waals surface area (Å²) in [6, 6.07) is 18.5. The van der Waals surface area contributed by atoms with Crippen molar-refractivity contribution in [1.29, 1.82) is 0 Å². The van der Waals surface area contributed by atoms with E-state index in [9.17, 15) is 4.79 Å². The number of hydrogen-bond acceptors (Lipinski definition) is 2. The lowest BCUT2D eigenvalue weighted by molar-refractivity contribution is 0.0937. The first-order chi connectivity index (χ1) is 11.7. The summed E-state index contributed by atoms with van der Waals surface area (Å²) in [5, 5.41) is 3.15. The van der Waals surface area contributed by atoms with Gasteiger partial charge in [-0.3, -0.25) is 9.69 Å². The Kier molecular flexibility index (Phi) is 7.01. The molecule has 1 heterocycles. The fourth-order valence-electron chi connectivity index (χ4n) is 2.91. The van der Waals surface area contributed by atoms with Gasteiger partial charge in [0.05, 0.1) is 0 Å². The predicted molar refractivity (Wildman–Crippen MR) is 100 cm³/mol. The van der Waals surface area contributed by atoms with Gasteiger partial charge in [-0.2, -0.15) is 0 Å². The zero-order valence-corrected chi connectivity index (χ0v) is 15.0. The van der Waals surface area contributed by atoms with Crippen molar-refractivity contribution in [3.63, 3.8) is 0 Å². The molecular formula is C21H28N2O. The number of rotatable bonds is 4. The highest BCUT2D eigenvalue weighted by atomic mass is 16.1. The topological polar surface area (TPSA) is 32.3 Å². The quantitative estimate of drug-likeness (QED) is 0.921. The number of carbonyl (C=O) groups excluding carboxylic acids is 1. The van der Waals surface area contributed by atoms with Gasteiger partial charge in [0.2, 0.25) is 0 Å². The van der Waals surface area contributed by atoms with Crippen molar-refractivity contribution in [1.82, 2.24) is 10.2 Å². The molecule has 0 aliphatic carbocycles. The van der Waals surface area contributed by atoms with Crippen molar-refractivity contribution in [2.24, 2.45) is 0 Å². The zero-order valence-electron chi connectivity index (χ0n) is 15.0. The molecule has 0 spiro atoms. The number of aryl methyl sites for hydroxylation is 1. The molecule has 0 saturated carbocycles. The lowest BCUT2D eigenvalue weighted by Crippen LogP contribution is -2.36. The Morgan fingerprint density at radius 2 is 1.75 bits per heavy atom. The van der Waals surface area contributed by atoms with Crippen LogP contribution >= 0.6 is 0 Å². The Morgan fingerprint density at radius 3 is 2.42 bits per heavy atom. The molecule has 3 heteroatoms. The minimum absolute atomic E-state index is 0.0339. The van der Waals surface area contributed by atoms with Crippen LogP contribution in [0.2, 0.25) is 0 Å². The lowest BCUT2D eigenvalue weighted by atomic mass is 10.1. The van der Waals surface area contributed by atoms with Crippen LogP contribution in [0.25, 0.3) is 0 Å². The molecule has 128 valence electrons. The van der Waals surface area contributed by atoms with Gasteiger partial charge in [0, 0.05) is 31.2 Å². The molecular weight excluding hydrogens is 296 g/mol. The van der Waals surface area contributed by atoms with Gasteiger partial charge in [0.25, 0.3) is 5.91 Å². The molecule has 1 aliphatic heterocycles. The van der Waals surface area contributed by atoms with Crippen molar-refractivity contribution in [3.05, 3.63) is 71.3 Å². The van der Waals surface area contributed by atoms with Crippen LogP contribution < -0.4 is 5.32 Å². The summed E-state index contributed by atoms with van der Waals surface area (Å²) < 4.78 is 0. The molecule has 1 aliphatic rings. The number of carbonyl (C=O) groups is 1. The van der Waals surface area contributed by atoms with E-state index in [1.807, 2.05) is 51.1 Å². The first-order valence-electron chi connectivity index (χ1n) is 8.84. The summed E-state index contributed by atoms with van der Waals surface area (Å²) in [5.74, 6) is 0.0339. The molecule has 1 saturated heterocycles. The molecule has 24 heavy (non-hydrogen) atoms. The molecule has 1 atom stereocenters. The molecule has 0 aromatic heterocycles. The zero-order chi connectivity index (χ0) is 17.4. The molecule has 1 N–H and O–H groups in total. The number of nitrogens with one attached hydrogen (secondary N) is 1. The van der Waals surface area contributed by atoms with Gasteiger partial charge in [-0.05, 0) is 31.0 Å². The van der Waals surface area contributed by atoms with Gasteiger partial charge in [0.15, 0.2) is 0 Å². The van der Waals surface area contributed by atoms with Crippen LogP contribution in [-0.2, 0) is 6.54 Å². The smallest absolute Gasteiger partial charge is 0.251 e. The number of benzene rings is 2. The van der Waals surface area contributed by atoms with E-state index in [2.05, 4.69) is 34.5 Å². The molecule has 3 nitrogen and oxygen atoms in total. The average molecular weight is 324 g/mol. The van der Waals surface area contributed by atoms with Crippen molar-refractivity contribution in [2.75, 3.05) is 13.1 Å². The third-order valence-electron chi connectivity index (χ3n) is 4.17. The largest absolute Gasteiger partial charge is 0.348 e. The van der Waals surface area contributed by atoms with Crippen LogP contribution in [-0.4, -0.2) is 29.9 Å². The number of nitrogens with zero attached hydrogens (tertiary/aromatic N) is 1. The summed E-state index contributed by atoms with van der Waals surface area (Å²) in [4.78, 5) is 14.6. The summed E-state index contributed by atoms with van der Waals surface area (Å²) in [5.41, 5.74) is 3.24. The summed E-state index contributed by atoms with van der Waals surface area (Å²) in [6.45, 7) is 8.94. The second kappa shape index (κ2) is 9.24. The van der Waals surface area contributed by atoms with Crippen molar-refractivity contribution in [2.45, 2.75) is 39.8 Å². The maximum Gasteiger partial charge on any atom is 0.251 e. The van der Waals surface area contributed by atoms with Crippen LogP contribution in [0.15, 0.2) is 54.6 Å². The highest BCUT2D eigenvalue weighted by molar-refractivity contribution is 5.94. The predicted octanol–water partition coefficient (Wildman–Crippen LogP) is 4.03.